The van der Waals surface area contributed by atoms with E-state index in [-0.39, 0.29) is 38.6 Å². The molecular weight excluding hydrogens is 1150 g/mol. The molecule has 0 rings (SSSR count). The van der Waals surface area contributed by atoms with Crippen molar-refractivity contribution in [3.8, 4) is 0 Å². The fourth-order valence-corrected chi connectivity index (χ4v) is 9.78. The second kappa shape index (κ2) is 72.5. The Morgan fingerprint density at radius 3 is 0.914 bits per heavy atom. The lowest BCUT2D eigenvalue weighted by molar-refractivity contribution is -0.870. The molecule has 0 bridgehead atoms. The Kier molecular flexibility index (Phi) is 68.3. The van der Waals surface area contributed by atoms with Gasteiger partial charge in [0.2, 0.25) is 0 Å². The first-order chi connectivity index (χ1) is 45.6. The van der Waals surface area contributed by atoms with Gasteiger partial charge in [-0.25, -0.2) is 0 Å². The van der Waals surface area contributed by atoms with Crippen LogP contribution in [-0.2, 0) is 33.3 Å². The SMILES string of the molecule is CC/C=C\C/C=C\C/C=C\C/C=C\C/C=C\C/C=C\C/C=C\C/C=C\C/C=C\C/C=C\C/C=C\C/C=C\CCCCCCC(=O)OC(COC(=O)CCCCCCCCCCCCCCCCC/C=C\C/C=C\CCCCCCC)COC(OCC[N+](C)(C)C)C(=O)[O-]. The molecule has 9 heteroatoms. The molecule has 0 aliphatic rings. The summed E-state index contributed by atoms with van der Waals surface area (Å²) in [6, 6.07) is 0. The van der Waals surface area contributed by atoms with Crippen LogP contribution in [0.2, 0.25) is 0 Å². The highest BCUT2D eigenvalue weighted by Gasteiger charge is 2.22. The van der Waals surface area contributed by atoms with Gasteiger partial charge in [0.05, 0.1) is 40.3 Å². The standard InChI is InChI=1S/C84H137NO8/c1-6-8-10-12-14-16-18-20-22-24-26-28-30-32-34-35-36-37-38-39-40-41-42-43-44-45-46-47-49-51-53-55-57-59-61-63-65-67-69-71-73-75-82(87)93-80(79-92-84(83(88)89)90-77-76-85(3,4)5)78-91-81(86)74-72-70-68-66-64-62-60-58-56-54-52-50-48-33-31-29-27-25-23-21-19-17-15-13-11-9-7-2/h8,10,14,16,19-22,25-28,32,34,36-37,39-40,42-43,45-46,49,51,55,57,61,63,80,84H,6-7,9,11-13,15,17-18,23-24,29-31,33,35,38,41,44,47-48,50,52-54,56,58-60,62,64-79H2,1-5H3/b10-8-,16-14-,21-19-,22-20-,27-25-,28-26-,34-32-,37-36-,40-39-,43-42-,46-45-,51-49-,57-55-,63-61-. The van der Waals surface area contributed by atoms with E-state index in [1.807, 2.05) is 21.1 Å². The molecule has 2 atom stereocenters. The van der Waals surface area contributed by atoms with Crippen molar-refractivity contribution >= 4 is 17.9 Å². The fourth-order valence-electron chi connectivity index (χ4n) is 9.78. The van der Waals surface area contributed by atoms with Gasteiger partial charge in [0.1, 0.15) is 13.2 Å². The molecule has 0 heterocycles. The highest BCUT2D eigenvalue weighted by Crippen LogP contribution is 2.16. The molecule has 0 aromatic heterocycles. The summed E-state index contributed by atoms with van der Waals surface area (Å²) in [5, 5.41) is 11.8. The Balaban J connectivity index is 4.21. The van der Waals surface area contributed by atoms with Crippen molar-refractivity contribution in [2.75, 3.05) is 47.5 Å². The van der Waals surface area contributed by atoms with Gasteiger partial charge >= 0.3 is 11.9 Å². The van der Waals surface area contributed by atoms with Crippen LogP contribution in [0.15, 0.2) is 170 Å². The maximum absolute atomic E-state index is 12.9. The van der Waals surface area contributed by atoms with Crippen molar-refractivity contribution in [3.05, 3.63) is 170 Å². The number of carbonyl (C=O) groups is 3. The summed E-state index contributed by atoms with van der Waals surface area (Å²) in [6.07, 6.45) is 106. The van der Waals surface area contributed by atoms with E-state index in [0.29, 0.717) is 17.4 Å². The molecule has 0 saturated heterocycles. The molecule has 0 aromatic carbocycles. The van der Waals surface area contributed by atoms with Gasteiger partial charge < -0.3 is 33.3 Å². The number of carboxylic acid groups (broad SMARTS) is 1. The predicted octanol–water partition coefficient (Wildman–Crippen LogP) is 22.5. The molecule has 9 nitrogen and oxygen atoms in total. The zero-order valence-corrected chi connectivity index (χ0v) is 60.1. The largest absolute Gasteiger partial charge is 0.545 e. The van der Waals surface area contributed by atoms with Crippen LogP contribution in [0.1, 0.15) is 284 Å². The lowest BCUT2D eigenvalue weighted by Gasteiger charge is -2.26. The van der Waals surface area contributed by atoms with E-state index in [1.165, 1.54) is 122 Å². The molecule has 526 valence electrons. The molecule has 0 saturated carbocycles. The molecule has 0 aromatic rings. The number of aliphatic carboxylic acids is 1. The second-order valence-electron chi connectivity index (χ2n) is 25.5. The zero-order chi connectivity index (χ0) is 67.5. The van der Waals surface area contributed by atoms with Crippen molar-refractivity contribution in [2.24, 2.45) is 0 Å². The number of rotatable bonds is 67. The summed E-state index contributed by atoms with van der Waals surface area (Å²) in [5.41, 5.74) is 0. The van der Waals surface area contributed by atoms with E-state index < -0.39 is 24.3 Å². The number of esters is 2. The third kappa shape index (κ3) is 73.9. The number of likely N-dealkylation sites (N-methyl/N-ethyl adjacent to an activating group) is 1. The fraction of sp³-hybridized carbons (Fsp3) is 0.631. The average Bonchev–Trinajstić information content (AvgIpc) is 3.38. The first-order valence-corrected chi connectivity index (χ1v) is 37.3. The van der Waals surface area contributed by atoms with Crippen LogP contribution < -0.4 is 5.11 Å². The number of hydrogen-bond donors (Lipinski definition) is 0. The van der Waals surface area contributed by atoms with Crippen molar-refractivity contribution in [1.82, 2.24) is 0 Å². The van der Waals surface area contributed by atoms with Crippen molar-refractivity contribution < 1.29 is 42.9 Å². The van der Waals surface area contributed by atoms with Gasteiger partial charge in [-0.05, 0) is 135 Å². The topological polar surface area (TPSA) is 111 Å². The Morgan fingerprint density at radius 1 is 0.333 bits per heavy atom. The Bertz CT molecular complexity index is 2140. The number of unbranched alkanes of at least 4 members (excludes halogenated alkanes) is 24. The summed E-state index contributed by atoms with van der Waals surface area (Å²) in [7, 11) is 5.91. The molecule has 0 N–H and O–H groups in total. The minimum atomic E-state index is -1.64. The second-order valence-corrected chi connectivity index (χ2v) is 25.5. The van der Waals surface area contributed by atoms with Crippen molar-refractivity contribution in [1.29, 1.82) is 0 Å². The van der Waals surface area contributed by atoms with Gasteiger partial charge in [-0.2, -0.15) is 0 Å². The number of quaternary nitrogens is 1. The van der Waals surface area contributed by atoms with Crippen molar-refractivity contribution in [2.45, 2.75) is 296 Å². The average molecular weight is 1290 g/mol. The summed E-state index contributed by atoms with van der Waals surface area (Å²) in [6.45, 7) is 4.59. The smallest absolute Gasteiger partial charge is 0.306 e. The molecule has 93 heavy (non-hydrogen) atoms. The van der Waals surface area contributed by atoms with Crippen LogP contribution in [0.4, 0.5) is 0 Å². The van der Waals surface area contributed by atoms with Gasteiger partial charge in [-0.1, -0.05) is 306 Å². The number of carboxylic acids is 1. The first-order valence-electron chi connectivity index (χ1n) is 37.3. The van der Waals surface area contributed by atoms with Crippen LogP contribution in [0, 0.1) is 0 Å². The predicted molar refractivity (Wildman–Crippen MR) is 398 cm³/mol. The van der Waals surface area contributed by atoms with Crippen molar-refractivity contribution in [3.63, 3.8) is 0 Å². The lowest BCUT2D eigenvalue weighted by atomic mass is 10.0. The Hall–Kier alpha value is -5.35. The van der Waals surface area contributed by atoms with Gasteiger partial charge in [-0.3, -0.25) is 9.59 Å². The van der Waals surface area contributed by atoms with E-state index in [9.17, 15) is 19.5 Å². The van der Waals surface area contributed by atoms with Gasteiger partial charge in [-0.15, -0.1) is 0 Å². The third-order valence-electron chi connectivity index (χ3n) is 15.4. The van der Waals surface area contributed by atoms with Crippen LogP contribution in [0.3, 0.4) is 0 Å². The lowest BCUT2D eigenvalue weighted by Crippen LogP contribution is -2.44. The number of allylic oxidation sites excluding steroid dienone is 28. The number of carbonyl (C=O) groups excluding carboxylic acids is 3. The third-order valence-corrected chi connectivity index (χ3v) is 15.4. The number of ether oxygens (including phenoxy) is 4. The molecule has 0 spiro atoms. The molecule has 0 fully saturated rings. The van der Waals surface area contributed by atoms with E-state index in [0.717, 1.165) is 128 Å². The van der Waals surface area contributed by atoms with E-state index in [2.05, 4.69) is 184 Å². The number of nitrogens with zero attached hydrogens (tertiary/aromatic N) is 1. The number of hydrogen-bond acceptors (Lipinski definition) is 8. The van der Waals surface area contributed by atoms with Crippen LogP contribution >= 0.6 is 0 Å². The van der Waals surface area contributed by atoms with Gasteiger partial charge in [0, 0.05) is 12.8 Å². The highest BCUT2D eigenvalue weighted by molar-refractivity contribution is 5.70. The molecule has 2 unspecified atom stereocenters. The molecule has 0 aliphatic carbocycles. The molecular formula is C84H137NO8. The van der Waals surface area contributed by atoms with Crippen LogP contribution in [-0.4, -0.2) is 82.3 Å². The highest BCUT2D eigenvalue weighted by atomic mass is 16.7. The monoisotopic (exact) mass is 1290 g/mol. The van der Waals surface area contributed by atoms with E-state index >= 15 is 0 Å². The minimum absolute atomic E-state index is 0.134. The van der Waals surface area contributed by atoms with Crippen LogP contribution in [0.25, 0.3) is 0 Å². The normalized spacial score (nSPS) is 13.7. The van der Waals surface area contributed by atoms with Crippen LogP contribution in [0.5, 0.6) is 0 Å². The summed E-state index contributed by atoms with van der Waals surface area (Å²) in [4.78, 5) is 37.5. The quantitative estimate of drug-likeness (QED) is 0.0195. The maximum atomic E-state index is 12.9. The maximum Gasteiger partial charge on any atom is 0.306 e. The summed E-state index contributed by atoms with van der Waals surface area (Å²) in [5.74, 6) is -2.33. The Morgan fingerprint density at radius 2 is 0.613 bits per heavy atom. The Labute approximate surface area is 571 Å². The molecule has 0 amide bonds. The molecule has 0 aliphatic heterocycles. The first kappa shape index (κ1) is 87.7. The summed E-state index contributed by atoms with van der Waals surface area (Å²) < 4.78 is 22.8. The van der Waals surface area contributed by atoms with Gasteiger partial charge in [0.25, 0.3) is 0 Å². The minimum Gasteiger partial charge on any atom is -0.545 e. The molecule has 0 radical (unpaired) electrons. The van der Waals surface area contributed by atoms with E-state index in [4.69, 9.17) is 18.9 Å². The van der Waals surface area contributed by atoms with Gasteiger partial charge in [0.15, 0.2) is 12.4 Å². The zero-order valence-electron chi connectivity index (χ0n) is 60.1. The van der Waals surface area contributed by atoms with E-state index in [1.54, 1.807) is 0 Å². The summed E-state index contributed by atoms with van der Waals surface area (Å²) >= 11 is 0.